The van der Waals surface area contributed by atoms with Gasteiger partial charge in [0.15, 0.2) is 0 Å². The average Bonchev–Trinajstić information content (AvgIpc) is 3.20. The molecule has 1 aromatic heterocycles. The highest BCUT2D eigenvalue weighted by molar-refractivity contribution is 5.96. The van der Waals surface area contributed by atoms with Crippen LogP contribution in [0.4, 0.5) is 0 Å². The van der Waals surface area contributed by atoms with E-state index >= 15 is 0 Å². The van der Waals surface area contributed by atoms with E-state index in [9.17, 15) is 14.7 Å². The van der Waals surface area contributed by atoms with Gasteiger partial charge in [-0.3, -0.25) is 9.59 Å². The first-order valence-corrected chi connectivity index (χ1v) is 9.89. The molecule has 0 bridgehead atoms. The SMILES string of the molecule is CCC(=O)N1CCc2[nH]cnc2C12CCN(C(=O)c1cccc(O)c1C)CC2. The molecule has 7 heteroatoms. The van der Waals surface area contributed by atoms with Crippen LogP contribution in [0.15, 0.2) is 24.5 Å². The molecule has 0 radical (unpaired) electrons. The number of fused-ring (bicyclic) bond motifs is 2. The number of phenolic OH excluding ortho intramolecular Hbond substituents is 1. The number of imidazole rings is 1. The van der Waals surface area contributed by atoms with E-state index in [1.165, 1.54) is 0 Å². The number of piperidine rings is 1. The van der Waals surface area contributed by atoms with Gasteiger partial charge in [-0.1, -0.05) is 13.0 Å². The Kier molecular flexibility index (Phi) is 4.61. The van der Waals surface area contributed by atoms with Gasteiger partial charge < -0.3 is 19.9 Å². The van der Waals surface area contributed by atoms with E-state index in [2.05, 4.69) is 9.97 Å². The average molecular weight is 382 g/mol. The van der Waals surface area contributed by atoms with Gasteiger partial charge in [0.25, 0.3) is 5.91 Å². The van der Waals surface area contributed by atoms with E-state index in [-0.39, 0.29) is 17.6 Å². The minimum Gasteiger partial charge on any atom is -0.508 e. The van der Waals surface area contributed by atoms with Crippen molar-refractivity contribution in [2.75, 3.05) is 19.6 Å². The van der Waals surface area contributed by atoms with Crippen molar-refractivity contribution in [1.29, 1.82) is 0 Å². The molecule has 2 aliphatic rings. The zero-order chi connectivity index (χ0) is 19.9. The summed E-state index contributed by atoms with van der Waals surface area (Å²) in [5.74, 6) is 0.194. The molecule has 1 aromatic carbocycles. The molecular weight excluding hydrogens is 356 g/mol. The van der Waals surface area contributed by atoms with Crippen molar-refractivity contribution in [1.82, 2.24) is 19.8 Å². The summed E-state index contributed by atoms with van der Waals surface area (Å²) in [6.07, 6.45) is 4.29. The molecule has 0 unspecified atom stereocenters. The number of aromatic hydroxyl groups is 1. The van der Waals surface area contributed by atoms with E-state index in [1.54, 1.807) is 31.5 Å². The zero-order valence-corrected chi connectivity index (χ0v) is 16.4. The fourth-order valence-electron chi connectivity index (χ4n) is 4.64. The van der Waals surface area contributed by atoms with Crippen molar-refractivity contribution >= 4 is 11.8 Å². The highest BCUT2D eigenvalue weighted by atomic mass is 16.3. The van der Waals surface area contributed by atoms with Crippen molar-refractivity contribution in [2.24, 2.45) is 0 Å². The van der Waals surface area contributed by atoms with E-state index in [0.29, 0.717) is 50.0 Å². The smallest absolute Gasteiger partial charge is 0.254 e. The Balaban J connectivity index is 1.60. The lowest BCUT2D eigenvalue weighted by Gasteiger charge is -2.50. The molecule has 2 aliphatic heterocycles. The molecule has 2 aromatic rings. The second-order valence-electron chi connectivity index (χ2n) is 7.65. The summed E-state index contributed by atoms with van der Waals surface area (Å²) >= 11 is 0. The first-order valence-electron chi connectivity index (χ1n) is 9.89. The van der Waals surface area contributed by atoms with Crippen molar-refractivity contribution in [3.05, 3.63) is 47.0 Å². The van der Waals surface area contributed by atoms with Gasteiger partial charge in [0, 0.05) is 49.3 Å². The molecule has 2 amide bonds. The maximum Gasteiger partial charge on any atom is 0.254 e. The molecule has 4 rings (SSSR count). The fourth-order valence-corrected chi connectivity index (χ4v) is 4.64. The Bertz CT molecular complexity index is 912. The van der Waals surface area contributed by atoms with Gasteiger partial charge in [0.2, 0.25) is 5.91 Å². The minimum absolute atomic E-state index is 0.0744. The number of aromatic amines is 1. The Hall–Kier alpha value is -2.83. The second kappa shape index (κ2) is 6.96. The van der Waals surface area contributed by atoms with Gasteiger partial charge in [-0.25, -0.2) is 4.98 Å². The fraction of sp³-hybridized carbons (Fsp3) is 0.476. The lowest BCUT2D eigenvalue weighted by Crippen LogP contribution is -2.58. The number of rotatable bonds is 2. The van der Waals surface area contributed by atoms with E-state index < -0.39 is 5.54 Å². The maximum absolute atomic E-state index is 13.0. The molecule has 7 nitrogen and oxygen atoms in total. The van der Waals surface area contributed by atoms with Crippen LogP contribution in [-0.4, -0.2) is 56.3 Å². The van der Waals surface area contributed by atoms with Gasteiger partial charge in [0.1, 0.15) is 5.75 Å². The zero-order valence-electron chi connectivity index (χ0n) is 16.4. The second-order valence-corrected chi connectivity index (χ2v) is 7.65. The van der Waals surface area contributed by atoms with Crippen LogP contribution in [0.5, 0.6) is 5.75 Å². The number of phenols is 1. The number of hydrogen-bond donors (Lipinski definition) is 2. The van der Waals surface area contributed by atoms with Crippen LogP contribution in [0.3, 0.4) is 0 Å². The van der Waals surface area contributed by atoms with Crippen molar-refractivity contribution in [2.45, 2.75) is 45.1 Å². The van der Waals surface area contributed by atoms with Gasteiger partial charge in [-0.2, -0.15) is 0 Å². The van der Waals surface area contributed by atoms with Crippen molar-refractivity contribution in [3.63, 3.8) is 0 Å². The molecular formula is C21H26N4O3. The predicted molar refractivity (Wildman–Crippen MR) is 104 cm³/mol. The number of aromatic nitrogens is 2. The number of nitrogens with one attached hydrogen (secondary N) is 1. The van der Waals surface area contributed by atoms with E-state index in [0.717, 1.165) is 17.8 Å². The Morgan fingerprint density at radius 1 is 1.25 bits per heavy atom. The van der Waals surface area contributed by atoms with Crippen LogP contribution in [0.1, 0.15) is 53.5 Å². The Morgan fingerprint density at radius 2 is 2.00 bits per heavy atom. The molecule has 2 N–H and O–H groups in total. The van der Waals surface area contributed by atoms with Crippen LogP contribution in [0.2, 0.25) is 0 Å². The number of hydrogen-bond acceptors (Lipinski definition) is 4. The van der Waals surface area contributed by atoms with Crippen LogP contribution < -0.4 is 0 Å². The molecule has 0 aliphatic carbocycles. The third kappa shape index (κ3) is 2.77. The summed E-state index contributed by atoms with van der Waals surface area (Å²) in [7, 11) is 0. The standard InChI is InChI=1S/C21H26N4O3/c1-3-18(27)25-10-7-16-19(23-13-22-16)21(25)8-11-24(12-9-21)20(28)15-5-4-6-17(26)14(15)2/h4-6,13,26H,3,7-12H2,1-2H3,(H,22,23). The lowest BCUT2D eigenvalue weighted by atomic mass is 9.78. The highest BCUT2D eigenvalue weighted by Gasteiger charge is 2.48. The normalized spacial score (nSPS) is 18.2. The summed E-state index contributed by atoms with van der Waals surface area (Å²) < 4.78 is 0. The van der Waals surface area contributed by atoms with Gasteiger partial charge in [0.05, 0.1) is 17.6 Å². The molecule has 3 heterocycles. The van der Waals surface area contributed by atoms with Crippen LogP contribution >= 0.6 is 0 Å². The highest BCUT2D eigenvalue weighted by Crippen LogP contribution is 2.42. The van der Waals surface area contributed by atoms with E-state index in [4.69, 9.17) is 0 Å². The first-order chi connectivity index (χ1) is 13.5. The summed E-state index contributed by atoms with van der Waals surface area (Å²) in [5.41, 5.74) is 2.75. The third-order valence-corrected chi connectivity index (χ3v) is 6.28. The number of likely N-dealkylation sites (tertiary alicyclic amines) is 1. The number of carbonyl (C=O) groups is 2. The predicted octanol–water partition coefficient (Wildman–Crippen LogP) is 2.35. The third-order valence-electron chi connectivity index (χ3n) is 6.28. The van der Waals surface area contributed by atoms with Gasteiger partial charge >= 0.3 is 0 Å². The van der Waals surface area contributed by atoms with Crippen LogP contribution in [0, 0.1) is 6.92 Å². The molecule has 0 saturated carbocycles. The molecule has 148 valence electrons. The van der Waals surface area contributed by atoms with Gasteiger partial charge in [-0.15, -0.1) is 0 Å². The van der Waals surface area contributed by atoms with Crippen molar-refractivity contribution in [3.8, 4) is 5.75 Å². The lowest BCUT2D eigenvalue weighted by molar-refractivity contribution is -0.141. The Labute approximate surface area is 164 Å². The first kappa shape index (κ1) is 18.5. The largest absolute Gasteiger partial charge is 0.508 e. The molecule has 0 atom stereocenters. The number of H-pyrrole nitrogens is 1. The molecule has 1 saturated heterocycles. The van der Waals surface area contributed by atoms with Crippen molar-refractivity contribution < 1.29 is 14.7 Å². The van der Waals surface area contributed by atoms with Gasteiger partial charge in [-0.05, 0) is 31.9 Å². The summed E-state index contributed by atoms with van der Waals surface area (Å²) in [4.78, 5) is 37.3. The van der Waals surface area contributed by atoms with Crippen LogP contribution in [-0.2, 0) is 16.8 Å². The molecule has 28 heavy (non-hydrogen) atoms. The number of nitrogens with zero attached hydrogens (tertiary/aromatic N) is 3. The number of benzene rings is 1. The molecule has 1 spiro atoms. The van der Waals surface area contributed by atoms with Crippen LogP contribution in [0.25, 0.3) is 0 Å². The topological polar surface area (TPSA) is 89.5 Å². The maximum atomic E-state index is 13.0. The summed E-state index contributed by atoms with van der Waals surface area (Å²) in [6.45, 7) is 5.43. The Morgan fingerprint density at radius 3 is 2.71 bits per heavy atom. The minimum atomic E-state index is -0.439. The monoisotopic (exact) mass is 382 g/mol. The van der Waals surface area contributed by atoms with E-state index in [1.807, 2.05) is 16.7 Å². The summed E-state index contributed by atoms with van der Waals surface area (Å²) in [5, 5.41) is 9.93. The molecule has 1 fully saturated rings. The number of carbonyl (C=O) groups excluding carboxylic acids is 2. The number of amides is 2. The summed E-state index contributed by atoms with van der Waals surface area (Å²) in [6, 6.07) is 5.04. The quantitative estimate of drug-likeness (QED) is 0.834.